The zero-order valence-corrected chi connectivity index (χ0v) is 12.0. The lowest BCUT2D eigenvalue weighted by molar-refractivity contribution is -0.134. The number of carbonyl (C=O) groups excluding carboxylic acids is 1. The number of likely N-dealkylation sites (tertiary alicyclic amines) is 1. The van der Waals surface area contributed by atoms with Crippen LogP contribution in [0.15, 0.2) is 0 Å². The zero-order valence-electron chi connectivity index (χ0n) is 12.0. The monoisotopic (exact) mass is 264 g/mol. The van der Waals surface area contributed by atoms with Gasteiger partial charge in [0.15, 0.2) is 0 Å². The fourth-order valence-electron chi connectivity index (χ4n) is 4.55. The summed E-state index contributed by atoms with van der Waals surface area (Å²) in [7, 11) is 0. The predicted molar refractivity (Wildman–Crippen MR) is 76.6 cm³/mol. The predicted octanol–water partition coefficient (Wildman–Crippen LogP) is 2.69. The smallest absolute Gasteiger partial charge is 0.223 e. The third-order valence-corrected chi connectivity index (χ3v) is 5.74. The summed E-state index contributed by atoms with van der Waals surface area (Å²) >= 11 is 0. The van der Waals surface area contributed by atoms with Crippen molar-refractivity contribution in [1.29, 1.82) is 0 Å². The van der Waals surface area contributed by atoms with E-state index in [1.807, 2.05) is 0 Å². The van der Waals surface area contributed by atoms with Gasteiger partial charge in [0.1, 0.15) is 0 Å². The standard InChI is InChI=1S/C16H28N2O/c17-14-7-3-1-6-13(14)11-16(19)18-10-9-12-5-2-4-8-15(12)18/h12-15H,1-11,17H2. The normalized spacial score (nSPS) is 39.1. The summed E-state index contributed by atoms with van der Waals surface area (Å²) in [5.74, 6) is 1.65. The van der Waals surface area contributed by atoms with Crippen LogP contribution in [-0.2, 0) is 4.79 Å². The molecule has 0 spiro atoms. The van der Waals surface area contributed by atoms with Gasteiger partial charge >= 0.3 is 0 Å². The largest absolute Gasteiger partial charge is 0.339 e. The lowest BCUT2D eigenvalue weighted by atomic mass is 9.82. The highest BCUT2D eigenvalue weighted by molar-refractivity contribution is 5.77. The van der Waals surface area contributed by atoms with Gasteiger partial charge in [-0.2, -0.15) is 0 Å². The molecule has 1 heterocycles. The van der Waals surface area contributed by atoms with Gasteiger partial charge in [0.05, 0.1) is 0 Å². The maximum absolute atomic E-state index is 12.6. The van der Waals surface area contributed by atoms with Crippen LogP contribution in [0.25, 0.3) is 0 Å². The molecule has 2 aliphatic carbocycles. The van der Waals surface area contributed by atoms with E-state index in [-0.39, 0.29) is 6.04 Å². The molecule has 19 heavy (non-hydrogen) atoms. The minimum atomic E-state index is 0.266. The molecule has 2 N–H and O–H groups in total. The molecule has 3 fully saturated rings. The number of rotatable bonds is 2. The van der Waals surface area contributed by atoms with Crippen LogP contribution in [0.5, 0.6) is 0 Å². The van der Waals surface area contributed by atoms with Crippen LogP contribution in [0, 0.1) is 11.8 Å². The second-order valence-electron chi connectivity index (χ2n) is 6.90. The number of hydrogen-bond acceptors (Lipinski definition) is 2. The molecule has 0 radical (unpaired) electrons. The van der Waals surface area contributed by atoms with Crippen molar-refractivity contribution < 1.29 is 4.79 Å². The Balaban J connectivity index is 1.57. The lowest BCUT2D eigenvalue weighted by Gasteiger charge is -2.34. The third kappa shape index (κ3) is 2.81. The van der Waals surface area contributed by atoms with Gasteiger partial charge in [-0.25, -0.2) is 0 Å². The SMILES string of the molecule is NC1CCCCC1CC(=O)N1CCC2CCCCC21. The number of fused-ring (bicyclic) bond motifs is 1. The van der Waals surface area contributed by atoms with Crippen LogP contribution in [0.2, 0.25) is 0 Å². The Bertz CT molecular complexity index is 331. The number of nitrogens with zero attached hydrogens (tertiary/aromatic N) is 1. The number of hydrogen-bond donors (Lipinski definition) is 1. The van der Waals surface area contributed by atoms with Gasteiger partial charge in [-0.15, -0.1) is 0 Å². The van der Waals surface area contributed by atoms with E-state index in [2.05, 4.69) is 4.90 Å². The molecule has 0 aromatic rings. The highest BCUT2D eigenvalue weighted by atomic mass is 16.2. The average Bonchev–Trinajstić information content (AvgIpc) is 2.85. The van der Waals surface area contributed by atoms with Gasteiger partial charge in [-0.05, 0) is 43.9 Å². The number of amides is 1. The Kier molecular flexibility index (Phi) is 4.11. The van der Waals surface area contributed by atoms with Crippen LogP contribution >= 0.6 is 0 Å². The third-order valence-electron chi connectivity index (χ3n) is 5.74. The molecule has 0 aromatic carbocycles. The molecule has 3 rings (SSSR count). The average molecular weight is 264 g/mol. The highest BCUT2D eigenvalue weighted by Gasteiger charge is 2.38. The fourth-order valence-corrected chi connectivity index (χ4v) is 4.55. The van der Waals surface area contributed by atoms with Gasteiger partial charge in [-0.1, -0.05) is 25.7 Å². The van der Waals surface area contributed by atoms with Gasteiger partial charge in [0.25, 0.3) is 0 Å². The van der Waals surface area contributed by atoms with Crippen LogP contribution < -0.4 is 5.73 Å². The van der Waals surface area contributed by atoms with E-state index in [1.54, 1.807) is 0 Å². The van der Waals surface area contributed by atoms with Crippen molar-refractivity contribution in [3.05, 3.63) is 0 Å². The molecule has 4 unspecified atom stereocenters. The number of nitrogens with two attached hydrogens (primary N) is 1. The molecule has 1 saturated heterocycles. The first-order valence-corrected chi connectivity index (χ1v) is 8.31. The molecule has 3 aliphatic rings. The summed E-state index contributed by atoms with van der Waals surface area (Å²) < 4.78 is 0. The molecule has 1 aliphatic heterocycles. The van der Waals surface area contributed by atoms with E-state index < -0.39 is 0 Å². The fraction of sp³-hybridized carbons (Fsp3) is 0.938. The number of carbonyl (C=O) groups is 1. The minimum absolute atomic E-state index is 0.266. The highest BCUT2D eigenvalue weighted by Crippen LogP contribution is 2.37. The molecule has 2 saturated carbocycles. The van der Waals surface area contributed by atoms with E-state index in [9.17, 15) is 4.79 Å². The Morgan fingerprint density at radius 1 is 1.00 bits per heavy atom. The van der Waals surface area contributed by atoms with E-state index in [0.717, 1.165) is 25.3 Å². The van der Waals surface area contributed by atoms with Gasteiger partial charge in [0, 0.05) is 25.0 Å². The van der Waals surface area contributed by atoms with Crippen LogP contribution in [-0.4, -0.2) is 29.4 Å². The van der Waals surface area contributed by atoms with Crippen molar-refractivity contribution in [3.8, 4) is 0 Å². The maximum Gasteiger partial charge on any atom is 0.223 e. The second-order valence-corrected chi connectivity index (χ2v) is 6.90. The molecule has 1 amide bonds. The summed E-state index contributed by atoms with van der Waals surface area (Å²) in [4.78, 5) is 14.8. The Labute approximate surface area is 116 Å². The lowest BCUT2D eigenvalue weighted by Crippen LogP contribution is -2.42. The van der Waals surface area contributed by atoms with Crippen molar-refractivity contribution >= 4 is 5.91 Å². The zero-order chi connectivity index (χ0) is 13.2. The van der Waals surface area contributed by atoms with E-state index in [0.29, 0.717) is 24.3 Å². The van der Waals surface area contributed by atoms with Gasteiger partial charge in [-0.3, -0.25) is 4.79 Å². The molecule has 4 atom stereocenters. The molecular weight excluding hydrogens is 236 g/mol. The van der Waals surface area contributed by atoms with E-state index in [1.165, 1.54) is 44.9 Å². The summed E-state index contributed by atoms with van der Waals surface area (Å²) in [6, 6.07) is 0.837. The Morgan fingerprint density at radius 2 is 1.74 bits per heavy atom. The van der Waals surface area contributed by atoms with Gasteiger partial charge in [0.2, 0.25) is 5.91 Å². The molecule has 3 nitrogen and oxygen atoms in total. The van der Waals surface area contributed by atoms with Crippen molar-refractivity contribution in [2.45, 2.75) is 76.3 Å². The van der Waals surface area contributed by atoms with Gasteiger partial charge < -0.3 is 10.6 Å². The van der Waals surface area contributed by atoms with Crippen LogP contribution in [0.1, 0.15) is 64.2 Å². The quantitative estimate of drug-likeness (QED) is 0.833. The summed E-state index contributed by atoms with van der Waals surface area (Å²) in [5, 5.41) is 0. The van der Waals surface area contributed by atoms with Crippen molar-refractivity contribution in [2.24, 2.45) is 17.6 Å². The molecule has 0 bridgehead atoms. The molecule has 108 valence electrons. The van der Waals surface area contributed by atoms with E-state index >= 15 is 0 Å². The Hall–Kier alpha value is -0.570. The Morgan fingerprint density at radius 3 is 2.58 bits per heavy atom. The minimum Gasteiger partial charge on any atom is -0.339 e. The summed E-state index contributed by atoms with van der Waals surface area (Å²) in [6.45, 7) is 1.01. The maximum atomic E-state index is 12.6. The van der Waals surface area contributed by atoms with Crippen molar-refractivity contribution in [1.82, 2.24) is 4.90 Å². The summed E-state index contributed by atoms with van der Waals surface area (Å²) in [5.41, 5.74) is 6.19. The van der Waals surface area contributed by atoms with Crippen molar-refractivity contribution in [2.75, 3.05) is 6.54 Å². The van der Waals surface area contributed by atoms with E-state index in [4.69, 9.17) is 5.73 Å². The topological polar surface area (TPSA) is 46.3 Å². The van der Waals surface area contributed by atoms with Crippen molar-refractivity contribution in [3.63, 3.8) is 0 Å². The van der Waals surface area contributed by atoms with Crippen LogP contribution in [0.3, 0.4) is 0 Å². The first kappa shape index (κ1) is 13.4. The summed E-state index contributed by atoms with van der Waals surface area (Å²) in [6.07, 6.45) is 12.0. The molecule has 0 aromatic heterocycles. The molecular formula is C16H28N2O. The first-order chi connectivity index (χ1) is 9.25. The first-order valence-electron chi connectivity index (χ1n) is 8.31. The molecule has 3 heteroatoms. The van der Waals surface area contributed by atoms with Crippen LogP contribution in [0.4, 0.5) is 0 Å². The second kappa shape index (κ2) is 5.82.